The number of fused-ring (bicyclic) bond motifs is 1. The van der Waals surface area contributed by atoms with Crippen molar-refractivity contribution in [2.45, 2.75) is 52.0 Å². The monoisotopic (exact) mass is 272 g/mol. The van der Waals surface area contributed by atoms with E-state index in [9.17, 15) is 0 Å². The van der Waals surface area contributed by atoms with Crippen LogP contribution in [-0.4, -0.2) is 16.0 Å². The highest BCUT2D eigenvalue weighted by Crippen LogP contribution is 2.22. The van der Waals surface area contributed by atoms with Gasteiger partial charge in [0.25, 0.3) is 0 Å². The number of hydrogen-bond donors (Lipinski definition) is 2. The van der Waals surface area contributed by atoms with Crippen LogP contribution in [0.2, 0.25) is 0 Å². The Morgan fingerprint density at radius 1 is 1.20 bits per heavy atom. The summed E-state index contributed by atoms with van der Waals surface area (Å²) in [6.07, 6.45) is 7.93. The SMILES string of the molecule is CCCCCCC(C)Nc1ncnc2cc(N)ccc12. The molecular formula is C16H24N4. The Labute approximate surface area is 120 Å². The maximum absolute atomic E-state index is 5.79. The number of benzene rings is 1. The Balaban J connectivity index is 2.02. The fraction of sp³-hybridized carbons (Fsp3) is 0.500. The molecule has 0 aliphatic heterocycles. The fourth-order valence-electron chi connectivity index (χ4n) is 2.37. The van der Waals surface area contributed by atoms with Crippen LogP contribution < -0.4 is 11.1 Å². The van der Waals surface area contributed by atoms with Crippen LogP contribution in [0.1, 0.15) is 46.0 Å². The summed E-state index contributed by atoms with van der Waals surface area (Å²) >= 11 is 0. The highest BCUT2D eigenvalue weighted by atomic mass is 15.0. The Hall–Kier alpha value is -1.84. The minimum Gasteiger partial charge on any atom is -0.399 e. The first-order chi connectivity index (χ1) is 9.70. The normalized spacial score (nSPS) is 12.5. The van der Waals surface area contributed by atoms with E-state index in [2.05, 4.69) is 29.1 Å². The molecule has 0 radical (unpaired) electrons. The first-order valence-electron chi connectivity index (χ1n) is 7.47. The Kier molecular flexibility index (Phi) is 5.16. The highest BCUT2D eigenvalue weighted by molar-refractivity contribution is 5.90. The maximum atomic E-state index is 5.79. The third kappa shape index (κ3) is 3.83. The minimum atomic E-state index is 0.419. The van der Waals surface area contributed by atoms with E-state index in [-0.39, 0.29) is 0 Å². The van der Waals surface area contributed by atoms with Crippen molar-refractivity contribution in [3.63, 3.8) is 0 Å². The van der Waals surface area contributed by atoms with Crippen LogP contribution in [0.5, 0.6) is 0 Å². The molecule has 0 bridgehead atoms. The summed E-state index contributed by atoms with van der Waals surface area (Å²) in [4.78, 5) is 8.62. The number of nitrogens with one attached hydrogen (secondary N) is 1. The van der Waals surface area contributed by atoms with Gasteiger partial charge in [-0.25, -0.2) is 9.97 Å². The van der Waals surface area contributed by atoms with E-state index in [1.807, 2.05) is 18.2 Å². The predicted molar refractivity (Wildman–Crippen MR) is 85.8 cm³/mol. The lowest BCUT2D eigenvalue weighted by Gasteiger charge is -2.15. The molecule has 0 spiro atoms. The van der Waals surface area contributed by atoms with Gasteiger partial charge < -0.3 is 11.1 Å². The van der Waals surface area contributed by atoms with Crippen LogP contribution in [0.4, 0.5) is 11.5 Å². The van der Waals surface area contributed by atoms with Crippen molar-refractivity contribution in [3.8, 4) is 0 Å². The number of nitrogens with zero attached hydrogens (tertiary/aromatic N) is 2. The standard InChI is InChI=1S/C16H24N4/c1-3-4-5-6-7-12(2)20-16-14-9-8-13(17)10-15(14)18-11-19-16/h8-12H,3-7,17H2,1-2H3,(H,18,19,20). The third-order valence-electron chi connectivity index (χ3n) is 3.53. The van der Waals surface area contributed by atoms with E-state index in [1.165, 1.54) is 32.1 Å². The lowest BCUT2D eigenvalue weighted by Crippen LogP contribution is -2.16. The van der Waals surface area contributed by atoms with Gasteiger partial charge in [-0.2, -0.15) is 0 Å². The average molecular weight is 272 g/mol. The van der Waals surface area contributed by atoms with Gasteiger partial charge in [-0.15, -0.1) is 0 Å². The second kappa shape index (κ2) is 7.08. The van der Waals surface area contributed by atoms with Gasteiger partial charge in [-0.3, -0.25) is 0 Å². The molecule has 0 fully saturated rings. The first-order valence-corrected chi connectivity index (χ1v) is 7.47. The molecule has 4 nitrogen and oxygen atoms in total. The summed E-state index contributed by atoms with van der Waals surface area (Å²) in [6, 6.07) is 6.18. The van der Waals surface area contributed by atoms with Crippen LogP contribution >= 0.6 is 0 Å². The fourth-order valence-corrected chi connectivity index (χ4v) is 2.37. The summed E-state index contributed by atoms with van der Waals surface area (Å²) in [5.41, 5.74) is 7.41. The van der Waals surface area contributed by atoms with Crippen molar-refractivity contribution >= 4 is 22.4 Å². The summed E-state index contributed by atoms with van der Waals surface area (Å²) in [5.74, 6) is 0.901. The van der Waals surface area contributed by atoms with E-state index in [0.717, 1.165) is 22.4 Å². The van der Waals surface area contributed by atoms with Crippen LogP contribution in [0.15, 0.2) is 24.5 Å². The molecule has 0 saturated carbocycles. The number of nitrogens with two attached hydrogens (primary N) is 1. The second-order valence-corrected chi connectivity index (χ2v) is 5.39. The Morgan fingerprint density at radius 3 is 2.85 bits per heavy atom. The number of aromatic nitrogens is 2. The topological polar surface area (TPSA) is 63.8 Å². The van der Waals surface area contributed by atoms with E-state index < -0.39 is 0 Å². The first kappa shape index (κ1) is 14.6. The molecule has 0 amide bonds. The van der Waals surface area contributed by atoms with Crippen molar-refractivity contribution in [2.24, 2.45) is 0 Å². The van der Waals surface area contributed by atoms with Crippen molar-refractivity contribution in [1.82, 2.24) is 9.97 Å². The van der Waals surface area contributed by atoms with E-state index in [1.54, 1.807) is 6.33 Å². The zero-order chi connectivity index (χ0) is 14.4. The quantitative estimate of drug-likeness (QED) is 0.591. The molecule has 0 aliphatic rings. The number of hydrogen-bond acceptors (Lipinski definition) is 4. The van der Waals surface area contributed by atoms with Crippen LogP contribution in [0.25, 0.3) is 10.9 Å². The molecular weight excluding hydrogens is 248 g/mol. The number of nitrogen functional groups attached to an aromatic ring is 1. The smallest absolute Gasteiger partial charge is 0.137 e. The zero-order valence-electron chi connectivity index (χ0n) is 12.4. The summed E-state index contributed by atoms with van der Waals surface area (Å²) in [7, 11) is 0. The van der Waals surface area contributed by atoms with Crippen LogP contribution in [-0.2, 0) is 0 Å². The van der Waals surface area contributed by atoms with Gasteiger partial charge in [-0.05, 0) is 31.5 Å². The van der Waals surface area contributed by atoms with Gasteiger partial charge >= 0.3 is 0 Å². The molecule has 2 aromatic rings. The Bertz CT molecular complexity index is 553. The molecule has 1 unspecified atom stereocenters. The average Bonchev–Trinajstić information content (AvgIpc) is 2.43. The molecule has 1 heterocycles. The van der Waals surface area contributed by atoms with E-state index >= 15 is 0 Å². The molecule has 0 saturated heterocycles. The van der Waals surface area contributed by atoms with Gasteiger partial charge in [-0.1, -0.05) is 32.6 Å². The zero-order valence-corrected chi connectivity index (χ0v) is 12.4. The highest BCUT2D eigenvalue weighted by Gasteiger charge is 2.07. The minimum absolute atomic E-state index is 0.419. The predicted octanol–water partition coefficient (Wildman–Crippen LogP) is 3.98. The summed E-state index contributed by atoms with van der Waals surface area (Å²) in [6.45, 7) is 4.44. The number of unbranched alkanes of at least 4 members (excludes halogenated alkanes) is 3. The van der Waals surface area contributed by atoms with Gasteiger partial charge in [0.05, 0.1) is 5.52 Å². The molecule has 0 aliphatic carbocycles. The van der Waals surface area contributed by atoms with Crippen molar-refractivity contribution in [2.75, 3.05) is 11.1 Å². The second-order valence-electron chi connectivity index (χ2n) is 5.39. The van der Waals surface area contributed by atoms with Crippen LogP contribution in [0.3, 0.4) is 0 Å². The summed E-state index contributed by atoms with van der Waals surface area (Å²) in [5, 5.41) is 4.52. The van der Waals surface area contributed by atoms with Crippen molar-refractivity contribution in [1.29, 1.82) is 0 Å². The van der Waals surface area contributed by atoms with Crippen LogP contribution in [0, 0.1) is 0 Å². The molecule has 2 rings (SSSR count). The molecule has 4 heteroatoms. The van der Waals surface area contributed by atoms with Gasteiger partial charge in [0, 0.05) is 17.1 Å². The van der Waals surface area contributed by atoms with Crippen molar-refractivity contribution < 1.29 is 0 Å². The molecule has 20 heavy (non-hydrogen) atoms. The van der Waals surface area contributed by atoms with Gasteiger partial charge in [0.1, 0.15) is 12.1 Å². The number of rotatable bonds is 7. The summed E-state index contributed by atoms with van der Waals surface area (Å²) < 4.78 is 0. The molecule has 108 valence electrons. The molecule has 3 N–H and O–H groups in total. The van der Waals surface area contributed by atoms with E-state index in [4.69, 9.17) is 5.73 Å². The largest absolute Gasteiger partial charge is 0.399 e. The molecule has 1 atom stereocenters. The van der Waals surface area contributed by atoms with Gasteiger partial charge in [0.15, 0.2) is 0 Å². The Morgan fingerprint density at radius 2 is 2.05 bits per heavy atom. The maximum Gasteiger partial charge on any atom is 0.137 e. The number of anilines is 2. The van der Waals surface area contributed by atoms with Gasteiger partial charge in [0.2, 0.25) is 0 Å². The molecule has 1 aromatic carbocycles. The molecule has 1 aromatic heterocycles. The lowest BCUT2D eigenvalue weighted by molar-refractivity contribution is 0.593. The van der Waals surface area contributed by atoms with E-state index in [0.29, 0.717) is 6.04 Å². The lowest BCUT2D eigenvalue weighted by atomic mass is 10.1. The third-order valence-corrected chi connectivity index (χ3v) is 3.53. The van der Waals surface area contributed by atoms with Crippen molar-refractivity contribution in [3.05, 3.63) is 24.5 Å².